The molecular weight excluding hydrogens is 108 g/mol. The second kappa shape index (κ2) is 4.59. The second-order valence-corrected chi connectivity index (χ2v) is 1.20. The summed E-state index contributed by atoms with van der Waals surface area (Å²) in [7, 11) is 1.23. The molecule has 0 amide bonds. The Morgan fingerprint density at radius 2 is 2.12 bits per heavy atom. The van der Waals surface area contributed by atoms with Crippen molar-refractivity contribution in [2.75, 3.05) is 7.11 Å². The third-order valence-electron chi connectivity index (χ3n) is 0.542. The number of esters is 1. The monoisotopic (exact) mass is 120 g/mol. The summed E-state index contributed by atoms with van der Waals surface area (Å²) in [5.74, 6) is -0.597. The molecule has 3 heteroatoms. The molecule has 50 valence electrons. The van der Waals surface area contributed by atoms with Crippen molar-refractivity contribution in [1.82, 2.24) is 0 Å². The van der Waals surface area contributed by atoms with Crippen molar-refractivity contribution in [1.29, 1.82) is 0 Å². The van der Waals surface area contributed by atoms with Crippen LogP contribution < -0.4 is 0 Å². The average molecular weight is 120 g/mol. The maximum Gasteiger partial charge on any atom is 0.334 e. The lowest BCUT2D eigenvalue weighted by Gasteiger charge is -1.97. The van der Waals surface area contributed by atoms with Crippen LogP contribution in [0.15, 0.2) is 0 Å². The Morgan fingerprint density at radius 3 is 2.12 bits per heavy atom. The van der Waals surface area contributed by atoms with Gasteiger partial charge in [-0.3, -0.25) is 0 Å². The summed E-state index contributed by atoms with van der Waals surface area (Å²) in [4.78, 5) is 10.0. The van der Waals surface area contributed by atoms with Crippen LogP contribution >= 0.6 is 0 Å². The van der Waals surface area contributed by atoms with E-state index in [1.54, 1.807) is 0 Å². The number of aliphatic hydroxyl groups excluding tert-OH is 1. The molecule has 0 aromatic heterocycles. The lowest BCUT2D eigenvalue weighted by molar-refractivity contribution is -0.149. The van der Waals surface area contributed by atoms with Gasteiger partial charge in [0.15, 0.2) is 0 Å². The second-order valence-electron chi connectivity index (χ2n) is 1.20. The highest BCUT2D eigenvalue weighted by atomic mass is 16.5. The first-order valence-corrected chi connectivity index (χ1v) is 1.94. The minimum atomic E-state index is -0.995. The first-order valence-electron chi connectivity index (χ1n) is 1.94. The van der Waals surface area contributed by atoms with E-state index in [2.05, 4.69) is 4.74 Å². The van der Waals surface area contributed by atoms with E-state index in [1.807, 2.05) is 0 Å². The van der Waals surface area contributed by atoms with Crippen molar-refractivity contribution < 1.29 is 14.6 Å². The molecule has 0 rings (SSSR count). The van der Waals surface area contributed by atoms with Gasteiger partial charge in [0.1, 0.15) is 6.10 Å². The predicted octanol–water partition coefficient (Wildman–Crippen LogP) is 0.176. The first kappa shape index (κ1) is 10.4. The quantitative estimate of drug-likeness (QED) is 0.502. The number of methoxy groups -OCH3 is 1. The molecular formula is C5H12O3. The summed E-state index contributed by atoms with van der Waals surface area (Å²) in [6.45, 7) is 1.35. The minimum Gasteiger partial charge on any atom is -0.467 e. The fourth-order valence-electron chi connectivity index (χ4n) is 0.171. The third-order valence-corrected chi connectivity index (χ3v) is 0.542. The van der Waals surface area contributed by atoms with Gasteiger partial charge in [-0.15, -0.1) is 0 Å². The van der Waals surface area contributed by atoms with E-state index in [4.69, 9.17) is 5.11 Å². The van der Waals surface area contributed by atoms with Crippen LogP contribution in [-0.4, -0.2) is 24.3 Å². The number of carbonyl (C=O) groups is 1. The molecule has 0 saturated carbocycles. The van der Waals surface area contributed by atoms with Gasteiger partial charge in [0.2, 0.25) is 0 Å². The Bertz CT molecular complexity index is 68.1. The molecule has 0 bridgehead atoms. The van der Waals surface area contributed by atoms with Crippen LogP contribution in [-0.2, 0) is 9.53 Å². The van der Waals surface area contributed by atoms with E-state index in [0.717, 1.165) is 0 Å². The average Bonchev–Trinajstić information content (AvgIpc) is 1.65. The smallest absolute Gasteiger partial charge is 0.334 e. The van der Waals surface area contributed by atoms with Crippen molar-refractivity contribution in [3.63, 3.8) is 0 Å². The summed E-state index contributed by atoms with van der Waals surface area (Å²) in [6, 6.07) is 0. The molecule has 0 aliphatic rings. The SMILES string of the molecule is C.COC(=O)C(C)O. The van der Waals surface area contributed by atoms with Crippen molar-refractivity contribution in [2.45, 2.75) is 20.5 Å². The standard InChI is InChI=1S/C4H8O3.CH4/c1-3(5)4(6)7-2;/h3,5H,1-2H3;1H4. The Hall–Kier alpha value is -0.570. The highest BCUT2D eigenvalue weighted by Gasteiger charge is 2.05. The molecule has 1 atom stereocenters. The van der Waals surface area contributed by atoms with E-state index in [9.17, 15) is 4.79 Å². The molecule has 0 saturated heterocycles. The Morgan fingerprint density at radius 1 is 1.75 bits per heavy atom. The topological polar surface area (TPSA) is 46.5 Å². The number of hydrogen-bond donors (Lipinski definition) is 1. The molecule has 0 aliphatic carbocycles. The van der Waals surface area contributed by atoms with E-state index in [1.165, 1.54) is 14.0 Å². The van der Waals surface area contributed by atoms with Gasteiger partial charge in [-0.05, 0) is 6.92 Å². The molecule has 0 aromatic rings. The normalized spacial score (nSPS) is 11.4. The van der Waals surface area contributed by atoms with E-state index >= 15 is 0 Å². The van der Waals surface area contributed by atoms with Crippen molar-refractivity contribution in [3.8, 4) is 0 Å². The molecule has 0 aliphatic heterocycles. The maximum absolute atomic E-state index is 10.0. The summed E-state index contributed by atoms with van der Waals surface area (Å²) in [5.41, 5.74) is 0. The molecule has 1 unspecified atom stereocenters. The van der Waals surface area contributed by atoms with Gasteiger partial charge >= 0.3 is 5.97 Å². The van der Waals surface area contributed by atoms with Gasteiger partial charge < -0.3 is 9.84 Å². The van der Waals surface area contributed by atoms with Gasteiger partial charge in [-0.25, -0.2) is 4.79 Å². The lowest BCUT2D eigenvalue weighted by atomic mass is 10.4. The van der Waals surface area contributed by atoms with E-state index in [-0.39, 0.29) is 7.43 Å². The number of carbonyl (C=O) groups excluding carboxylic acids is 1. The minimum absolute atomic E-state index is 0. The van der Waals surface area contributed by atoms with Crippen molar-refractivity contribution in [2.24, 2.45) is 0 Å². The zero-order valence-corrected chi connectivity index (χ0v) is 4.34. The first-order chi connectivity index (χ1) is 3.18. The number of hydrogen-bond acceptors (Lipinski definition) is 3. The summed E-state index contributed by atoms with van der Waals surface area (Å²) in [6.07, 6.45) is -0.995. The fraction of sp³-hybridized carbons (Fsp3) is 0.800. The van der Waals surface area contributed by atoms with Crippen LogP contribution in [0.25, 0.3) is 0 Å². The van der Waals surface area contributed by atoms with Crippen LogP contribution in [0.2, 0.25) is 0 Å². The van der Waals surface area contributed by atoms with Crippen LogP contribution in [0.5, 0.6) is 0 Å². The van der Waals surface area contributed by atoms with Crippen LogP contribution in [0.3, 0.4) is 0 Å². The largest absolute Gasteiger partial charge is 0.467 e. The van der Waals surface area contributed by atoms with Crippen molar-refractivity contribution >= 4 is 5.97 Å². The van der Waals surface area contributed by atoms with Gasteiger partial charge in [-0.2, -0.15) is 0 Å². The lowest BCUT2D eigenvalue weighted by Crippen LogP contribution is -2.16. The van der Waals surface area contributed by atoms with E-state index in [0.29, 0.717) is 0 Å². The van der Waals surface area contributed by atoms with E-state index < -0.39 is 12.1 Å². The molecule has 0 aromatic carbocycles. The molecule has 0 radical (unpaired) electrons. The van der Waals surface area contributed by atoms with Gasteiger partial charge in [0.05, 0.1) is 7.11 Å². The Balaban J connectivity index is 0. The molecule has 8 heavy (non-hydrogen) atoms. The molecule has 0 heterocycles. The fourth-order valence-corrected chi connectivity index (χ4v) is 0.171. The molecule has 0 fully saturated rings. The molecule has 3 nitrogen and oxygen atoms in total. The predicted molar refractivity (Wildman–Crippen MR) is 30.4 cm³/mol. The van der Waals surface area contributed by atoms with Gasteiger partial charge in [-0.1, -0.05) is 7.43 Å². The van der Waals surface area contributed by atoms with Crippen LogP contribution in [0.4, 0.5) is 0 Å². The number of rotatable bonds is 1. The van der Waals surface area contributed by atoms with Gasteiger partial charge in [0.25, 0.3) is 0 Å². The summed E-state index contributed by atoms with van der Waals surface area (Å²) in [5, 5.41) is 8.35. The third kappa shape index (κ3) is 3.61. The van der Waals surface area contributed by atoms with Gasteiger partial charge in [0, 0.05) is 0 Å². The highest BCUT2D eigenvalue weighted by Crippen LogP contribution is 1.80. The number of ether oxygens (including phenoxy) is 1. The zero-order chi connectivity index (χ0) is 5.86. The Labute approximate surface area is 49.3 Å². The maximum atomic E-state index is 10.0. The highest BCUT2D eigenvalue weighted by molar-refractivity contribution is 5.73. The number of aliphatic hydroxyl groups is 1. The summed E-state index contributed by atoms with van der Waals surface area (Å²) >= 11 is 0. The van der Waals surface area contributed by atoms with Crippen LogP contribution in [0, 0.1) is 0 Å². The molecule has 1 N–H and O–H groups in total. The summed E-state index contributed by atoms with van der Waals surface area (Å²) < 4.78 is 4.12. The van der Waals surface area contributed by atoms with Crippen molar-refractivity contribution in [3.05, 3.63) is 0 Å². The Kier molecular flexibility index (Phi) is 5.97. The molecule has 0 spiro atoms. The van der Waals surface area contributed by atoms with Crippen LogP contribution in [0.1, 0.15) is 14.4 Å². The zero-order valence-electron chi connectivity index (χ0n) is 4.34.